The number of nitrogens with one attached hydrogen (secondary N) is 1. The van der Waals surface area contributed by atoms with E-state index in [1.165, 1.54) is 11.8 Å². The number of hydrogen-bond donors (Lipinski definition) is 1. The Morgan fingerprint density at radius 1 is 0.900 bits per heavy atom. The van der Waals surface area contributed by atoms with Crippen molar-refractivity contribution in [1.82, 2.24) is 0 Å². The summed E-state index contributed by atoms with van der Waals surface area (Å²) < 4.78 is 0.837. The van der Waals surface area contributed by atoms with E-state index in [-0.39, 0.29) is 11.8 Å². The molecule has 146 valence electrons. The molecule has 7 heteroatoms. The van der Waals surface area contributed by atoms with Crippen LogP contribution in [0.5, 0.6) is 0 Å². The Hall–Kier alpha value is -3.16. The van der Waals surface area contributed by atoms with Crippen molar-refractivity contribution in [2.75, 3.05) is 10.2 Å². The minimum Gasteiger partial charge on any atom is -0.321 e. The normalized spacial score (nSPS) is 19.4. The quantitative estimate of drug-likeness (QED) is 0.492. The molecule has 0 aromatic heterocycles. The lowest BCUT2D eigenvalue weighted by Gasteiger charge is -2.15. The third-order valence-corrected chi connectivity index (χ3v) is 6.26. The molecule has 0 atom stereocenters. The number of benzene rings is 3. The molecule has 0 aliphatic carbocycles. The van der Waals surface area contributed by atoms with Crippen LogP contribution in [0.1, 0.15) is 5.56 Å². The highest BCUT2D eigenvalue weighted by atomic mass is 79.9. The Balaban J connectivity index is 1.69. The molecule has 1 saturated heterocycles. The number of carbonyl (C=O) groups is 2. The lowest BCUT2D eigenvalue weighted by atomic mass is 10.1. The molecular weight excluding hydrogens is 462 g/mol. The van der Waals surface area contributed by atoms with E-state index in [2.05, 4.69) is 21.2 Å². The Morgan fingerprint density at radius 3 is 2.33 bits per heavy atom. The molecule has 5 nitrogen and oxygen atoms in total. The number of amides is 2. The number of rotatable bonds is 2. The van der Waals surface area contributed by atoms with Gasteiger partial charge in [0.05, 0.1) is 21.9 Å². The largest absolute Gasteiger partial charge is 0.321 e. The number of carbonyl (C=O) groups excluding carboxylic acids is 2. The molecule has 0 bridgehead atoms. The van der Waals surface area contributed by atoms with Gasteiger partial charge in [0.25, 0.3) is 11.8 Å². The third kappa shape index (κ3) is 3.26. The molecule has 3 aromatic rings. The van der Waals surface area contributed by atoms with Crippen LogP contribution in [0.15, 0.2) is 93.2 Å². The Bertz CT molecular complexity index is 1240. The maximum atomic E-state index is 13.5. The van der Waals surface area contributed by atoms with Gasteiger partial charge in [-0.25, -0.2) is 4.99 Å². The van der Waals surface area contributed by atoms with Crippen LogP contribution in [0.25, 0.3) is 5.57 Å². The molecule has 2 heterocycles. The number of hydrogen-bond acceptors (Lipinski definition) is 4. The lowest BCUT2D eigenvalue weighted by molar-refractivity contribution is -0.114. The van der Waals surface area contributed by atoms with Gasteiger partial charge in [0.15, 0.2) is 5.17 Å². The van der Waals surface area contributed by atoms with Crippen molar-refractivity contribution in [3.63, 3.8) is 0 Å². The van der Waals surface area contributed by atoms with E-state index in [0.717, 1.165) is 10.2 Å². The van der Waals surface area contributed by atoms with Gasteiger partial charge in [-0.3, -0.25) is 14.5 Å². The van der Waals surface area contributed by atoms with E-state index in [1.54, 1.807) is 4.90 Å². The summed E-state index contributed by atoms with van der Waals surface area (Å²) in [6, 6.07) is 24.3. The molecule has 0 unspecified atom stereocenters. The van der Waals surface area contributed by atoms with Gasteiger partial charge in [-0.15, -0.1) is 0 Å². The summed E-state index contributed by atoms with van der Waals surface area (Å²) in [6.07, 6.45) is 0. The molecular formula is C23H14BrN3O2S. The first-order valence-corrected chi connectivity index (χ1v) is 10.8. The lowest BCUT2D eigenvalue weighted by Crippen LogP contribution is -2.29. The van der Waals surface area contributed by atoms with Gasteiger partial charge in [0.2, 0.25) is 0 Å². The minimum atomic E-state index is -0.284. The summed E-state index contributed by atoms with van der Waals surface area (Å²) in [5.74, 6) is -0.549. The van der Waals surface area contributed by atoms with Crippen LogP contribution >= 0.6 is 27.7 Å². The SMILES string of the molecule is O=C1Nc2ccc(Br)cc2/C1=C1/S/C(=N\c2ccccc2)N(c2ccccc2)C1=O. The van der Waals surface area contributed by atoms with Crippen LogP contribution in [0, 0.1) is 0 Å². The van der Waals surface area contributed by atoms with Crippen molar-refractivity contribution in [1.29, 1.82) is 0 Å². The van der Waals surface area contributed by atoms with Gasteiger partial charge in [-0.05, 0) is 54.2 Å². The summed E-state index contributed by atoms with van der Waals surface area (Å²) in [7, 11) is 0. The number of fused-ring (bicyclic) bond motifs is 1. The van der Waals surface area contributed by atoms with Crippen LogP contribution in [0.3, 0.4) is 0 Å². The maximum Gasteiger partial charge on any atom is 0.272 e. The van der Waals surface area contributed by atoms with Crippen LogP contribution in [0.4, 0.5) is 17.1 Å². The van der Waals surface area contributed by atoms with E-state index in [1.807, 2.05) is 78.9 Å². The Kier molecular flexibility index (Phi) is 4.77. The molecule has 3 aromatic carbocycles. The average molecular weight is 476 g/mol. The maximum absolute atomic E-state index is 13.5. The van der Waals surface area contributed by atoms with Crippen molar-refractivity contribution in [3.8, 4) is 0 Å². The zero-order valence-electron chi connectivity index (χ0n) is 15.5. The van der Waals surface area contributed by atoms with Crippen molar-refractivity contribution in [2.45, 2.75) is 0 Å². The molecule has 2 amide bonds. The number of nitrogens with zero attached hydrogens (tertiary/aromatic N) is 2. The first-order chi connectivity index (χ1) is 14.6. The fraction of sp³-hybridized carbons (Fsp3) is 0. The molecule has 2 aliphatic rings. The summed E-state index contributed by atoms with van der Waals surface area (Å²) in [4.78, 5) is 32.9. The second-order valence-corrected chi connectivity index (χ2v) is 8.55. The van der Waals surface area contributed by atoms with Crippen molar-refractivity contribution >= 4 is 67.3 Å². The van der Waals surface area contributed by atoms with Crippen LogP contribution in [-0.4, -0.2) is 17.0 Å². The minimum absolute atomic E-state index is 0.265. The number of amidine groups is 1. The summed E-state index contributed by atoms with van der Waals surface area (Å²) >= 11 is 4.67. The summed E-state index contributed by atoms with van der Waals surface area (Å²) in [5, 5.41) is 3.36. The smallest absolute Gasteiger partial charge is 0.272 e. The molecule has 0 saturated carbocycles. The van der Waals surface area contributed by atoms with E-state index in [0.29, 0.717) is 32.6 Å². The van der Waals surface area contributed by atoms with Crippen LogP contribution < -0.4 is 10.2 Å². The second kappa shape index (κ2) is 7.59. The van der Waals surface area contributed by atoms with Gasteiger partial charge in [0.1, 0.15) is 0 Å². The zero-order valence-corrected chi connectivity index (χ0v) is 17.9. The van der Waals surface area contributed by atoms with Crippen molar-refractivity contribution in [3.05, 3.63) is 93.8 Å². The molecule has 1 fully saturated rings. The van der Waals surface area contributed by atoms with Gasteiger partial charge in [-0.2, -0.15) is 0 Å². The highest BCUT2D eigenvalue weighted by Crippen LogP contribution is 2.44. The zero-order chi connectivity index (χ0) is 20.7. The van der Waals surface area contributed by atoms with Crippen molar-refractivity contribution in [2.24, 2.45) is 4.99 Å². The highest BCUT2D eigenvalue weighted by molar-refractivity contribution is 9.10. The molecule has 0 spiro atoms. The number of para-hydroxylation sites is 2. The predicted octanol–water partition coefficient (Wildman–Crippen LogP) is 5.58. The summed E-state index contributed by atoms with van der Waals surface area (Å²) in [5.41, 5.74) is 3.21. The van der Waals surface area contributed by atoms with E-state index in [4.69, 9.17) is 4.99 Å². The first-order valence-electron chi connectivity index (χ1n) is 9.18. The Morgan fingerprint density at radius 2 is 1.60 bits per heavy atom. The van der Waals surface area contributed by atoms with Crippen LogP contribution in [0.2, 0.25) is 0 Å². The number of halogens is 1. The third-order valence-electron chi connectivity index (χ3n) is 4.73. The molecule has 30 heavy (non-hydrogen) atoms. The average Bonchev–Trinajstić information content (AvgIpc) is 3.24. The second-order valence-electron chi connectivity index (χ2n) is 6.66. The molecule has 1 N–H and O–H groups in total. The predicted molar refractivity (Wildman–Crippen MR) is 125 cm³/mol. The Labute approximate surface area is 185 Å². The topological polar surface area (TPSA) is 61.8 Å². The highest BCUT2D eigenvalue weighted by Gasteiger charge is 2.40. The fourth-order valence-electron chi connectivity index (χ4n) is 3.38. The molecule has 0 radical (unpaired) electrons. The molecule has 5 rings (SSSR count). The molecule has 2 aliphatic heterocycles. The standard InChI is InChI=1S/C23H14BrN3O2S/c24-14-11-12-18-17(13-14)19(21(28)26-18)20-22(29)27(16-9-5-2-6-10-16)23(30-20)25-15-7-3-1-4-8-15/h1-13H,(H,26,28)/b20-19-,25-23-. The fourth-order valence-corrected chi connectivity index (χ4v) is 4.84. The van der Waals surface area contributed by atoms with Gasteiger partial charge in [-0.1, -0.05) is 52.3 Å². The van der Waals surface area contributed by atoms with Gasteiger partial charge in [0, 0.05) is 15.7 Å². The van der Waals surface area contributed by atoms with Crippen molar-refractivity contribution < 1.29 is 9.59 Å². The van der Waals surface area contributed by atoms with Gasteiger partial charge >= 0.3 is 0 Å². The summed E-state index contributed by atoms with van der Waals surface area (Å²) in [6.45, 7) is 0. The van der Waals surface area contributed by atoms with E-state index in [9.17, 15) is 9.59 Å². The van der Waals surface area contributed by atoms with E-state index >= 15 is 0 Å². The first kappa shape index (κ1) is 18.8. The number of thioether (sulfide) groups is 1. The van der Waals surface area contributed by atoms with Gasteiger partial charge < -0.3 is 5.32 Å². The van der Waals surface area contributed by atoms with E-state index < -0.39 is 0 Å². The number of aliphatic imine (C=N–C) groups is 1. The van der Waals surface area contributed by atoms with Crippen LogP contribution in [-0.2, 0) is 9.59 Å². The number of anilines is 2. The monoisotopic (exact) mass is 475 g/mol.